The van der Waals surface area contributed by atoms with Crippen LogP contribution in [0.2, 0.25) is 0 Å². The van der Waals surface area contributed by atoms with Crippen molar-refractivity contribution in [3.8, 4) is 0 Å². The summed E-state index contributed by atoms with van der Waals surface area (Å²) in [6, 6.07) is 2.50. The molecule has 0 saturated carbocycles. The fourth-order valence-electron chi connectivity index (χ4n) is 2.11. The van der Waals surface area contributed by atoms with Gasteiger partial charge in [-0.05, 0) is 38.3 Å². The Kier molecular flexibility index (Phi) is 2.91. The number of rotatable bonds is 1. The molecule has 0 unspecified atom stereocenters. The lowest BCUT2D eigenvalue weighted by molar-refractivity contribution is 0.500. The Balaban J connectivity index is 2.19. The third kappa shape index (κ3) is 2.12. The van der Waals surface area contributed by atoms with Crippen LogP contribution in [0.3, 0.4) is 0 Å². The van der Waals surface area contributed by atoms with Crippen LogP contribution >= 0.6 is 0 Å². The van der Waals surface area contributed by atoms with E-state index in [1.807, 2.05) is 6.20 Å². The molecule has 2 rings (SSSR count). The molecule has 3 nitrogen and oxygen atoms in total. The smallest absolute Gasteiger partial charge is 0.0429 e. The number of nitrogens with zero attached hydrogens (tertiary/aromatic N) is 2. The Labute approximate surface area is 91.3 Å². The van der Waals surface area contributed by atoms with Crippen molar-refractivity contribution in [3.63, 3.8) is 0 Å². The molecule has 3 heteroatoms. The Morgan fingerprint density at radius 3 is 2.67 bits per heavy atom. The lowest BCUT2D eigenvalue weighted by Gasteiger charge is -2.33. The van der Waals surface area contributed by atoms with E-state index in [0.29, 0.717) is 6.04 Å². The second-order valence-electron chi connectivity index (χ2n) is 4.36. The van der Waals surface area contributed by atoms with Gasteiger partial charge in [0.15, 0.2) is 0 Å². The fourth-order valence-corrected chi connectivity index (χ4v) is 2.11. The molecule has 1 fully saturated rings. The summed E-state index contributed by atoms with van der Waals surface area (Å²) >= 11 is 0. The van der Waals surface area contributed by atoms with Crippen LogP contribution in [0.25, 0.3) is 0 Å². The highest BCUT2D eigenvalue weighted by Crippen LogP contribution is 2.24. The van der Waals surface area contributed by atoms with Gasteiger partial charge in [0.1, 0.15) is 0 Å². The lowest BCUT2D eigenvalue weighted by atomic mass is 10.0. The number of piperidine rings is 1. The van der Waals surface area contributed by atoms with Gasteiger partial charge < -0.3 is 10.6 Å². The average molecular weight is 205 g/mol. The minimum absolute atomic E-state index is 0.393. The maximum absolute atomic E-state index is 5.90. The molecular weight excluding hydrogens is 186 g/mol. The normalized spacial score (nSPS) is 18.2. The van der Waals surface area contributed by atoms with Crippen LogP contribution in [-0.4, -0.2) is 24.1 Å². The molecule has 1 aromatic rings. The molecule has 1 aromatic heterocycles. The second-order valence-corrected chi connectivity index (χ2v) is 4.36. The van der Waals surface area contributed by atoms with Crippen molar-refractivity contribution in [1.29, 1.82) is 0 Å². The monoisotopic (exact) mass is 205 g/mol. The summed E-state index contributed by atoms with van der Waals surface area (Å²) in [6.07, 6.45) is 4.09. The number of anilines is 1. The quantitative estimate of drug-likeness (QED) is 0.757. The van der Waals surface area contributed by atoms with Crippen LogP contribution in [0.5, 0.6) is 0 Å². The first kappa shape index (κ1) is 10.4. The van der Waals surface area contributed by atoms with Gasteiger partial charge in [-0.3, -0.25) is 4.98 Å². The van der Waals surface area contributed by atoms with Gasteiger partial charge >= 0.3 is 0 Å². The molecule has 0 aromatic carbocycles. The number of aromatic nitrogens is 1. The summed E-state index contributed by atoms with van der Waals surface area (Å²) in [4.78, 5) is 6.72. The van der Waals surface area contributed by atoms with Gasteiger partial charge in [0.05, 0.1) is 0 Å². The third-order valence-electron chi connectivity index (χ3n) is 3.31. The summed E-state index contributed by atoms with van der Waals surface area (Å²) in [5, 5.41) is 0. The first-order valence-corrected chi connectivity index (χ1v) is 5.61. The molecule has 1 aliphatic rings. The third-order valence-corrected chi connectivity index (χ3v) is 3.31. The predicted molar refractivity (Wildman–Crippen MR) is 63.1 cm³/mol. The largest absolute Gasteiger partial charge is 0.371 e. The van der Waals surface area contributed by atoms with Crippen molar-refractivity contribution >= 4 is 5.69 Å². The van der Waals surface area contributed by atoms with Gasteiger partial charge in [0, 0.05) is 36.7 Å². The van der Waals surface area contributed by atoms with Gasteiger partial charge in [0.25, 0.3) is 0 Å². The van der Waals surface area contributed by atoms with Crippen molar-refractivity contribution in [2.24, 2.45) is 5.73 Å². The van der Waals surface area contributed by atoms with E-state index in [-0.39, 0.29) is 0 Å². The zero-order valence-corrected chi connectivity index (χ0v) is 9.53. The van der Waals surface area contributed by atoms with Crippen molar-refractivity contribution in [3.05, 3.63) is 23.5 Å². The molecule has 1 aliphatic heterocycles. The van der Waals surface area contributed by atoms with Crippen molar-refractivity contribution < 1.29 is 0 Å². The van der Waals surface area contributed by atoms with Crippen molar-refractivity contribution in [2.45, 2.75) is 32.7 Å². The summed E-state index contributed by atoms with van der Waals surface area (Å²) in [5.41, 5.74) is 9.66. The number of hydrogen-bond donors (Lipinski definition) is 1. The molecule has 15 heavy (non-hydrogen) atoms. The standard InChI is InChI=1S/C12H19N3/c1-9-10(2)14-6-3-12(9)15-7-4-11(13)5-8-15/h3,6,11H,4-5,7-8,13H2,1-2H3. The highest BCUT2D eigenvalue weighted by atomic mass is 15.1. The zero-order valence-electron chi connectivity index (χ0n) is 9.53. The summed E-state index contributed by atoms with van der Waals surface area (Å²) in [5.74, 6) is 0. The highest BCUT2D eigenvalue weighted by Gasteiger charge is 2.17. The van der Waals surface area contributed by atoms with Crippen LogP contribution in [0.4, 0.5) is 5.69 Å². The Bertz CT molecular complexity index is 341. The highest BCUT2D eigenvalue weighted by molar-refractivity contribution is 5.54. The van der Waals surface area contributed by atoms with E-state index in [4.69, 9.17) is 5.73 Å². The fraction of sp³-hybridized carbons (Fsp3) is 0.583. The number of pyridine rings is 1. The summed E-state index contributed by atoms with van der Waals surface area (Å²) in [6.45, 7) is 6.36. The van der Waals surface area contributed by atoms with Crippen molar-refractivity contribution in [2.75, 3.05) is 18.0 Å². The first-order chi connectivity index (χ1) is 7.18. The molecule has 0 aliphatic carbocycles. The lowest BCUT2D eigenvalue weighted by Crippen LogP contribution is -2.40. The molecular formula is C12H19N3. The van der Waals surface area contributed by atoms with E-state index in [1.165, 1.54) is 11.3 Å². The van der Waals surface area contributed by atoms with Crippen LogP contribution in [0.15, 0.2) is 12.3 Å². The van der Waals surface area contributed by atoms with Crippen molar-refractivity contribution in [1.82, 2.24) is 4.98 Å². The minimum atomic E-state index is 0.393. The molecule has 0 bridgehead atoms. The maximum Gasteiger partial charge on any atom is 0.0429 e. The Morgan fingerprint density at radius 1 is 1.33 bits per heavy atom. The molecule has 2 N–H and O–H groups in total. The Hall–Kier alpha value is -1.09. The first-order valence-electron chi connectivity index (χ1n) is 5.61. The number of aryl methyl sites for hydroxylation is 1. The Morgan fingerprint density at radius 2 is 2.00 bits per heavy atom. The van der Waals surface area contributed by atoms with Gasteiger partial charge in [-0.25, -0.2) is 0 Å². The van der Waals surface area contributed by atoms with Crippen LogP contribution in [-0.2, 0) is 0 Å². The number of nitrogens with two attached hydrogens (primary N) is 1. The van der Waals surface area contributed by atoms with Gasteiger partial charge in [-0.2, -0.15) is 0 Å². The van der Waals surface area contributed by atoms with Gasteiger partial charge in [0.2, 0.25) is 0 Å². The molecule has 1 saturated heterocycles. The van der Waals surface area contributed by atoms with Gasteiger partial charge in [-0.15, -0.1) is 0 Å². The van der Waals surface area contributed by atoms with Gasteiger partial charge in [-0.1, -0.05) is 0 Å². The number of hydrogen-bond acceptors (Lipinski definition) is 3. The van der Waals surface area contributed by atoms with E-state index in [2.05, 4.69) is 29.8 Å². The van der Waals surface area contributed by atoms with Crippen LogP contribution < -0.4 is 10.6 Å². The molecule has 0 radical (unpaired) electrons. The van der Waals surface area contributed by atoms with Crippen LogP contribution in [0.1, 0.15) is 24.1 Å². The molecule has 0 amide bonds. The zero-order chi connectivity index (χ0) is 10.8. The average Bonchev–Trinajstić information content (AvgIpc) is 2.24. The minimum Gasteiger partial charge on any atom is -0.371 e. The van der Waals surface area contributed by atoms with E-state index >= 15 is 0 Å². The molecule has 82 valence electrons. The second kappa shape index (κ2) is 4.19. The van der Waals surface area contributed by atoms with Crippen LogP contribution in [0, 0.1) is 13.8 Å². The SMILES string of the molecule is Cc1nccc(N2CCC(N)CC2)c1C. The molecule has 2 heterocycles. The van der Waals surface area contributed by atoms with E-state index in [1.54, 1.807) is 0 Å². The maximum atomic E-state index is 5.90. The van der Waals surface area contributed by atoms with E-state index in [0.717, 1.165) is 31.6 Å². The predicted octanol–water partition coefficient (Wildman–Crippen LogP) is 1.63. The molecule has 0 spiro atoms. The topological polar surface area (TPSA) is 42.2 Å². The van der Waals surface area contributed by atoms with E-state index in [9.17, 15) is 0 Å². The molecule has 0 atom stereocenters. The van der Waals surface area contributed by atoms with E-state index < -0.39 is 0 Å². The summed E-state index contributed by atoms with van der Waals surface area (Å²) < 4.78 is 0. The summed E-state index contributed by atoms with van der Waals surface area (Å²) in [7, 11) is 0.